The Balaban J connectivity index is 1.96. The molecule has 2 rings (SSSR count). The first-order valence-electron chi connectivity index (χ1n) is 5.22. The summed E-state index contributed by atoms with van der Waals surface area (Å²) in [4.78, 5) is 0. The van der Waals surface area contributed by atoms with Crippen molar-refractivity contribution in [3.05, 3.63) is 0 Å². The molecule has 0 spiro atoms. The molecule has 1 unspecified atom stereocenters. The van der Waals surface area contributed by atoms with Crippen LogP contribution in [0.1, 0.15) is 44.9 Å². The van der Waals surface area contributed by atoms with Crippen LogP contribution in [0.25, 0.3) is 0 Å². The van der Waals surface area contributed by atoms with E-state index in [2.05, 4.69) is 11.8 Å². The summed E-state index contributed by atoms with van der Waals surface area (Å²) in [5.41, 5.74) is 6.64. The molecule has 0 aromatic rings. The molecular weight excluding hydrogens is 166 g/mol. The molecule has 1 aliphatic carbocycles. The number of nitrogens with two attached hydrogens (primary N) is 1. The molecule has 0 aromatic heterocycles. The standard InChI is InChI=1S/C10H19NS/c11-10(6-2-3-7-10)9-5-1-4-8-12-9/h9H,1-8,11H2. The van der Waals surface area contributed by atoms with Crippen molar-refractivity contribution in [2.24, 2.45) is 5.73 Å². The molecule has 1 saturated carbocycles. The summed E-state index contributed by atoms with van der Waals surface area (Å²) < 4.78 is 0. The van der Waals surface area contributed by atoms with Gasteiger partial charge in [-0.25, -0.2) is 0 Å². The number of thioether (sulfide) groups is 1. The van der Waals surface area contributed by atoms with Gasteiger partial charge in [0.05, 0.1) is 0 Å². The Hall–Kier alpha value is 0.310. The van der Waals surface area contributed by atoms with Gasteiger partial charge in [-0.3, -0.25) is 0 Å². The van der Waals surface area contributed by atoms with Gasteiger partial charge in [0.25, 0.3) is 0 Å². The molecule has 1 aliphatic heterocycles. The minimum Gasteiger partial charge on any atom is -0.324 e. The van der Waals surface area contributed by atoms with Crippen LogP contribution in [0, 0.1) is 0 Å². The normalized spacial score (nSPS) is 35.2. The third kappa shape index (κ3) is 1.64. The molecule has 2 fully saturated rings. The Kier molecular flexibility index (Phi) is 2.66. The van der Waals surface area contributed by atoms with Crippen molar-refractivity contribution in [2.45, 2.75) is 55.7 Å². The van der Waals surface area contributed by atoms with E-state index in [0.29, 0.717) is 0 Å². The first kappa shape index (κ1) is 8.89. The van der Waals surface area contributed by atoms with Crippen molar-refractivity contribution in [3.63, 3.8) is 0 Å². The lowest BCUT2D eigenvalue weighted by atomic mass is 9.91. The predicted octanol–water partition coefficient (Wildman–Crippen LogP) is 2.54. The molecule has 0 aromatic carbocycles. The van der Waals surface area contributed by atoms with Gasteiger partial charge >= 0.3 is 0 Å². The molecule has 1 saturated heterocycles. The van der Waals surface area contributed by atoms with Gasteiger partial charge in [0.15, 0.2) is 0 Å². The fourth-order valence-electron chi connectivity index (χ4n) is 2.55. The molecule has 70 valence electrons. The van der Waals surface area contributed by atoms with Crippen LogP contribution in [-0.4, -0.2) is 16.5 Å². The second-order valence-corrected chi connectivity index (χ2v) is 5.61. The lowest BCUT2D eigenvalue weighted by molar-refractivity contribution is 0.394. The summed E-state index contributed by atoms with van der Waals surface area (Å²) in [6, 6.07) is 0. The highest BCUT2D eigenvalue weighted by atomic mass is 32.2. The fraction of sp³-hybridized carbons (Fsp3) is 1.00. The lowest BCUT2D eigenvalue weighted by Gasteiger charge is -2.36. The van der Waals surface area contributed by atoms with Gasteiger partial charge in [0.1, 0.15) is 0 Å². The summed E-state index contributed by atoms with van der Waals surface area (Å²) >= 11 is 2.13. The molecule has 0 radical (unpaired) electrons. The van der Waals surface area contributed by atoms with Gasteiger partial charge in [-0.1, -0.05) is 19.3 Å². The van der Waals surface area contributed by atoms with E-state index in [0.717, 1.165) is 5.25 Å². The minimum absolute atomic E-state index is 0.227. The molecular formula is C10H19NS. The molecule has 1 heterocycles. The average Bonchev–Trinajstić information content (AvgIpc) is 2.55. The van der Waals surface area contributed by atoms with Crippen molar-refractivity contribution in [1.82, 2.24) is 0 Å². The predicted molar refractivity (Wildman–Crippen MR) is 55.5 cm³/mol. The van der Waals surface area contributed by atoms with Crippen molar-refractivity contribution in [3.8, 4) is 0 Å². The van der Waals surface area contributed by atoms with Crippen molar-refractivity contribution < 1.29 is 0 Å². The first-order chi connectivity index (χ1) is 5.81. The Labute approximate surface area is 79.5 Å². The lowest BCUT2D eigenvalue weighted by Crippen LogP contribution is -2.47. The average molecular weight is 185 g/mol. The molecule has 2 N–H and O–H groups in total. The molecule has 2 aliphatic rings. The third-order valence-corrected chi connectivity index (χ3v) is 4.99. The summed E-state index contributed by atoms with van der Waals surface area (Å²) in [5, 5.41) is 0.786. The van der Waals surface area contributed by atoms with E-state index in [1.807, 2.05) is 0 Å². The van der Waals surface area contributed by atoms with E-state index in [-0.39, 0.29) is 5.54 Å². The molecule has 1 atom stereocenters. The largest absolute Gasteiger partial charge is 0.324 e. The zero-order valence-electron chi connectivity index (χ0n) is 7.72. The van der Waals surface area contributed by atoms with E-state index in [4.69, 9.17) is 5.73 Å². The van der Waals surface area contributed by atoms with Crippen LogP contribution < -0.4 is 5.73 Å². The molecule has 0 amide bonds. The molecule has 0 bridgehead atoms. The summed E-state index contributed by atoms with van der Waals surface area (Å²) in [7, 11) is 0. The van der Waals surface area contributed by atoms with Crippen LogP contribution in [0.2, 0.25) is 0 Å². The van der Waals surface area contributed by atoms with Gasteiger partial charge in [0.2, 0.25) is 0 Å². The summed E-state index contributed by atoms with van der Waals surface area (Å²) in [5.74, 6) is 1.35. The number of rotatable bonds is 1. The Bertz CT molecular complexity index is 146. The van der Waals surface area contributed by atoms with Crippen LogP contribution in [0.3, 0.4) is 0 Å². The van der Waals surface area contributed by atoms with Crippen molar-refractivity contribution in [1.29, 1.82) is 0 Å². The van der Waals surface area contributed by atoms with Crippen LogP contribution in [0.5, 0.6) is 0 Å². The van der Waals surface area contributed by atoms with E-state index in [1.54, 1.807) is 0 Å². The summed E-state index contributed by atoms with van der Waals surface area (Å²) in [6.45, 7) is 0. The smallest absolute Gasteiger partial charge is 0.0274 e. The third-order valence-electron chi connectivity index (χ3n) is 3.36. The molecule has 12 heavy (non-hydrogen) atoms. The van der Waals surface area contributed by atoms with E-state index >= 15 is 0 Å². The number of hydrogen-bond acceptors (Lipinski definition) is 2. The zero-order chi connectivity index (χ0) is 8.44. The quantitative estimate of drug-likeness (QED) is 0.679. The topological polar surface area (TPSA) is 26.0 Å². The van der Waals surface area contributed by atoms with Crippen LogP contribution >= 0.6 is 11.8 Å². The van der Waals surface area contributed by atoms with Gasteiger partial charge in [-0.2, -0.15) is 11.8 Å². The Morgan fingerprint density at radius 1 is 1.08 bits per heavy atom. The maximum Gasteiger partial charge on any atom is 0.0274 e. The Morgan fingerprint density at radius 2 is 1.83 bits per heavy atom. The highest BCUT2D eigenvalue weighted by molar-refractivity contribution is 8.00. The molecule has 2 heteroatoms. The highest BCUT2D eigenvalue weighted by Gasteiger charge is 2.38. The van der Waals surface area contributed by atoms with Gasteiger partial charge in [-0.15, -0.1) is 0 Å². The second-order valence-electron chi connectivity index (χ2n) is 4.30. The van der Waals surface area contributed by atoms with Crippen LogP contribution in [0.15, 0.2) is 0 Å². The summed E-state index contributed by atoms with van der Waals surface area (Å²) in [6.07, 6.45) is 9.51. The maximum atomic E-state index is 6.41. The monoisotopic (exact) mass is 185 g/mol. The van der Waals surface area contributed by atoms with E-state index < -0.39 is 0 Å². The second kappa shape index (κ2) is 3.59. The maximum absolute atomic E-state index is 6.41. The fourth-order valence-corrected chi connectivity index (χ4v) is 4.11. The minimum atomic E-state index is 0.227. The highest BCUT2D eigenvalue weighted by Crippen LogP contribution is 2.40. The van der Waals surface area contributed by atoms with Gasteiger partial charge in [-0.05, 0) is 31.4 Å². The van der Waals surface area contributed by atoms with E-state index in [1.165, 1.54) is 50.7 Å². The SMILES string of the molecule is NC1(C2CCCCS2)CCCC1. The van der Waals surface area contributed by atoms with Crippen molar-refractivity contribution in [2.75, 3.05) is 5.75 Å². The Morgan fingerprint density at radius 3 is 2.42 bits per heavy atom. The van der Waals surface area contributed by atoms with Gasteiger partial charge in [0, 0.05) is 10.8 Å². The van der Waals surface area contributed by atoms with Crippen molar-refractivity contribution >= 4 is 11.8 Å². The first-order valence-corrected chi connectivity index (χ1v) is 6.27. The van der Waals surface area contributed by atoms with E-state index in [9.17, 15) is 0 Å². The van der Waals surface area contributed by atoms with Gasteiger partial charge < -0.3 is 5.73 Å². The van der Waals surface area contributed by atoms with Crippen LogP contribution in [0.4, 0.5) is 0 Å². The van der Waals surface area contributed by atoms with Crippen LogP contribution in [-0.2, 0) is 0 Å². The zero-order valence-corrected chi connectivity index (χ0v) is 8.54. The number of hydrogen-bond donors (Lipinski definition) is 1. The molecule has 1 nitrogen and oxygen atoms in total.